The Morgan fingerprint density at radius 3 is 2.30 bits per heavy atom. The van der Waals surface area contributed by atoms with Gasteiger partial charge in [0.15, 0.2) is 0 Å². The van der Waals surface area contributed by atoms with E-state index in [9.17, 15) is 10.1 Å². The molecular formula is C32H33N3O2. The lowest BCUT2D eigenvalue weighted by atomic mass is 9.99. The number of rotatable bonds is 9. The van der Waals surface area contributed by atoms with E-state index in [1.54, 1.807) is 4.57 Å². The first-order chi connectivity index (χ1) is 17.9. The Balaban J connectivity index is 1.69. The predicted octanol–water partition coefficient (Wildman–Crippen LogP) is 6.94. The molecule has 0 radical (unpaired) electrons. The average molecular weight is 492 g/mol. The summed E-state index contributed by atoms with van der Waals surface area (Å²) in [7, 11) is 0. The van der Waals surface area contributed by atoms with Gasteiger partial charge < -0.3 is 4.74 Å². The molecule has 4 rings (SSSR count). The maximum absolute atomic E-state index is 13.8. The minimum Gasteiger partial charge on any atom is -0.491 e. The summed E-state index contributed by atoms with van der Waals surface area (Å²) in [4.78, 5) is 18.7. The largest absolute Gasteiger partial charge is 0.491 e. The van der Waals surface area contributed by atoms with Crippen LogP contribution in [0.2, 0.25) is 0 Å². The Bertz CT molecular complexity index is 1460. The van der Waals surface area contributed by atoms with Crippen LogP contribution >= 0.6 is 0 Å². The van der Waals surface area contributed by atoms with Crippen LogP contribution in [0, 0.1) is 18.3 Å². The normalized spacial score (nSPS) is 11.6. The monoisotopic (exact) mass is 491 g/mol. The van der Waals surface area contributed by atoms with E-state index in [2.05, 4.69) is 19.9 Å². The van der Waals surface area contributed by atoms with Gasteiger partial charge in [0.2, 0.25) is 0 Å². The molecule has 5 heteroatoms. The number of aromatic nitrogens is 2. The fourth-order valence-electron chi connectivity index (χ4n) is 4.45. The van der Waals surface area contributed by atoms with Crippen LogP contribution in [0.25, 0.3) is 22.3 Å². The van der Waals surface area contributed by atoms with Crippen molar-refractivity contribution in [1.29, 1.82) is 5.26 Å². The van der Waals surface area contributed by atoms with Crippen LogP contribution in [0.3, 0.4) is 0 Å². The maximum atomic E-state index is 13.8. The first kappa shape index (κ1) is 25.9. The van der Waals surface area contributed by atoms with Crippen LogP contribution in [0.1, 0.15) is 56.3 Å². The highest BCUT2D eigenvalue weighted by atomic mass is 16.5. The summed E-state index contributed by atoms with van der Waals surface area (Å²) in [5, 5.41) is 9.45. The lowest BCUT2D eigenvalue weighted by Crippen LogP contribution is -2.28. The number of ether oxygens (including phenoxy) is 1. The summed E-state index contributed by atoms with van der Waals surface area (Å²) < 4.78 is 7.71. The van der Waals surface area contributed by atoms with Crippen LogP contribution in [-0.4, -0.2) is 15.7 Å². The minimum atomic E-state index is -0.0366. The topological polar surface area (TPSA) is 67.9 Å². The molecule has 1 aromatic heterocycles. The third kappa shape index (κ3) is 5.81. The Morgan fingerprint density at radius 1 is 0.973 bits per heavy atom. The van der Waals surface area contributed by atoms with Gasteiger partial charge in [0, 0.05) is 6.42 Å². The van der Waals surface area contributed by atoms with Crippen LogP contribution < -0.4 is 10.3 Å². The van der Waals surface area contributed by atoms with E-state index in [1.165, 1.54) is 0 Å². The fourth-order valence-corrected chi connectivity index (χ4v) is 4.45. The molecule has 1 atom stereocenters. The molecule has 4 aromatic rings. The Kier molecular flexibility index (Phi) is 8.20. The number of nitrogens with zero attached hydrogens (tertiary/aromatic N) is 3. The molecule has 0 aliphatic carbocycles. The molecule has 5 nitrogen and oxygen atoms in total. The van der Waals surface area contributed by atoms with Gasteiger partial charge in [-0.3, -0.25) is 9.36 Å². The summed E-state index contributed by atoms with van der Waals surface area (Å²) in [6.45, 7) is 8.57. The van der Waals surface area contributed by atoms with E-state index in [0.29, 0.717) is 17.7 Å². The molecule has 0 bridgehead atoms. The smallest absolute Gasteiger partial charge is 0.261 e. The second-order valence-corrected chi connectivity index (χ2v) is 9.35. The zero-order valence-electron chi connectivity index (χ0n) is 22.0. The van der Waals surface area contributed by atoms with Crippen LogP contribution in [-0.2, 0) is 13.0 Å². The molecule has 0 aliphatic rings. The summed E-state index contributed by atoms with van der Waals surface area (Å²) in [5.41, 5.74) is 5.69. The number of nitriles is 1. The molecule has 37 heavy (non-hydrogen) atoms. The summed E-state index contributed by atoms with van der Waals surface area (Å²) >= 11 is 0. The molecule has 188 valence electrons. The first-order valence-electron chi connectivity index (χ1n) is 12.9. The highest BCUT2D eigenvalue weighted by Crippen LogP contribution is 2.25. The second kappa shape index (κ2) is 11.7. The zero-order chi connectivity index (χ0) is 26.4. The molecule has 0 saturated carbocycles. The van der Waals surface area contributed by atoms with Crippen molar-refractivity contribution >= 4 is 0 Å². The van der Waals surface area contributed by atoms with Crippen molar-refractivity contribution in [3.8, 4) is 34.1 Å². The molecule has 1 heterocycles. The summed E-state index contributed by atoms with van der Waals surface area (Å²) in [6.07, 6.45) is 2.70. The highest BCUT2D eigenvalue weighted by molar-refractivity contribution is 5.70. The third-order valence-corrected chi connectivity index (χ3v) is 6.61. The third-order valence-electron chi connectivity index (χ3n) is 6.61. The van der Waals surface area contributed by atoms with Crippen molar-refractivity contribution in [3.63, 3.8) is 0 Å². The van der Waals surface area contributed by atoms with Crippen molar-refractivity contribution in [3.05, 3.63) is 106 Å². The van der Waals surface area contributed by atoms with Crippen molar-refractivity contribution in [2.45, 2.75) is 59.6 Å². The molecule has 0 N–H and O–H groups in total. The number of hydrogen-bond donors (Lipinski definition) is 0. The molecule has 0 amide bonds. The molecule has 0 fully saturated rings. The molecular weight excluding hydrogens is 458 g/mol. The average Bonchev–Trinajstić information content (AvgIpc) is 2.92. The molecule has 1 unspecified atom stereocenters. The first-order valence-corrected chi connectivity index (χ1v) is 12.9. The Morgan fingerprint density at radius 2 is 1.65 bits per heavy atom. The van der Waals surface area contributed by atoms with Crippen molar-refractivity contribution < 1.29 is 4.74 Å². The Labute approximate surface area is 219 Å². The Hall–Kier alpha value is -4.17. The number of hydrogen-bond acceptors (Lipinski definition) is 4. The molecule has 0 aliphatic heterocycles. The van der Waals surface area contributed by atoms with Gasteiger partial charge in [-0.05, 0) is 67.1 Å². The number of benzene rings is 3. The standard InChI is InChI=1S/C32H33N3O2/c1-5-9-30-34-23(4)31(26-16-18-28(19-17-26)37-22(3)6-2)32(36)35(30)21-24-12-14-25(15-13-24)29-11-8-7-10-27(29)20-33/h7-8,10-19,22H,5-6,9,21H2,1-4H3. The van der Waals surface area contributed by atoms with Crippen LogP contribution in [0.4, 0.5) is 0 Å². The van der Waals surface area contributed by atoms with Gasteiger partial charge in [0.05, 0.1) is 35.5 Å². The lowest BCUT2D eigenvalue weighted by molar-refractivity contribution is 0.217. The van der Waals surface area contributed by atoms with Gasteiger partial charge in [0.25, 0.3) is 5.56 Å². The van der Waals surface area contributed by atoms with E-state index in [1.807, 2.05) is 86.6 Å². The van der Waals surface area contributed by atoms with E-state index >= 15 is 0 Å². The van der Waals surface area contributed by atoms with E-state index in [0.717, 1.165) is 58.8 Å². The van der Waals surface area contributed by atoms with Gasteiger partial charge in [-0.2, -0.15) is 5.26 Å². The zero-order valence-corrected chi connectivity index (χ0v) is 22.0. The lowest BCUT2D eigenvalue weighted by Gasteiger charge is -2.17. The molecule has 3 aromatic carbocycles. The van der Waals surface area contributed by atoms with Crippen LogP contribution in [0.5, 0.6) is 5.75 Å². The molecule has 0 saturated heterocycles. The minimum absolute atomic E-state index is 0.0366. The highest BCUT2D eigenvalue weighted by Gasteiger charge is 2.16. The second-order valence-electron chi connectivity index (χ2n) is 9.35. The quantitative estimate of drug-likeness (QED) is 0.254. The SMILES string of the molecule is CCCc1nc(C)c(-c2ccc(OC(C)CC)cc2)c(=O)n1Cc1ccc(-c2ccccc2C#N)cc1. The van der Waals surface area contributed by atoms with E-state index in [-0.39, 0.29) is 11.7 Å². The summed E-state index contributed by atoms with van der Waals surface area (Å²) in [5.74, 6) is 1.59. The van der Waals surface area contributed by atoms with E-state index < -0.39 is 0 Å². The van der Waals surface area contributed by atoms with Gasteiger partial charge >= 0.3 is 0 Å². The maximum Gasteiger partial charge on any atom is 0.261 e. The van der Waals surface area contributed by atoms with Gasteiger partial charge in [-0.1, -0.05) is 68.4 Å². The fraction of sp³-hybridized carbons (Fsp3) is 0.281. The van der Waals surface area contributed by atoms with Crippen molar-refractivity contribution in [2.24, 2.45) is 0 Å². The molecule has 0 spiro atoms. The van der Waals surface area contributed by atoms with Gasteiger partial charge in [-0.15, -0.1) is 0 Å². The predicted molar refractivity (Wildman–Crippen MR) is 149 cm³/mol. The van der Waals surface area contributed by atoms with Crippen molar-refractivity contribution in [2.75, 3.05) is 0 Å². The van der Waals surface area contributed by atoms with Gasteiger partial charge in [-0.25, -0.2) is 4.98 Å². The summed E-state index contributed by atoms with van der Waals surface area (Å²) in [6, 6.07) is 25.6. The van der Waals surface area contributed by atoms with E-state index in [4.69, 9.17) is 9.72 Å². The van der Waals surface area contributed by atoms with Gasteiger partial charge in [0.1, 0.15) is 11.6 Å². The number of aryl methyl sites for hydroxylation is 2. The van der Waals surface area contributed by atoms with Crippen LogP contribution in [0.15, 0.2) is 77.6 Å². The van der Waals surface area contributed by atoms with Crippen molar-refractivity contribution in [1.82, 2.24) is 9.55 Å².